The number of imide groups is 2. The van der Waals surface area contributed by atoms with Crippen LogP contribution in [0.1, 0.15) is 33.6 Å². The Morgan fingerprint density at radius 3 is 2.57 bits per heavy atom. The third-order valence-corrected chi connectivity index (χ3v) is 4.27. The fourth-order valence-electron chi connectivity index (χ4n) is 2.49. The van der Waals surface area contributed by atoms with Crippen molar-refractivity contribution in [3.05, 3.63) is 33.5 Å². The maximum Gasteiger partial charge on any atom is 0.263 e. The molecule has 0 radical (unpaired) electrons. The minimum absolute atomic E-state index is 0.0398. The van der Waals surface area contributed by atoms with Crippen molar-refractivity contribution in [3.8, 4) is 0 Å². The Morgan fingerprint density at radius 2 is 1.90 bits per heavy atom. The Labute approximate surface area is 126 Å². The van der Waals surface area contributed by atoms with Crippen molar-refractivity contribution in [2.24, 2.45) is 0 Å². The number of nitrogens with zero attached hydrogens (tertiary/aromatic N) is 1. The molecule has 1 atom stereocenters. The number of fused-ring (bicyclic) bond motifs is 1. The standard InChI is InChI=1S/C13H8BrFN2O4/c14-10-6(15)2-1-5-9(10)13(21)17(12(5)20)7-3-4-8(18)16-11(7)19/h1-2,7H,3-4H2,(H,16,18,19). The molecule has 4 amide bonds. The van der Waals surface area contributed by atoms with Gasteiger partial charge in [-0.1, -0.05) is 0 Å². The van der Waals surface area contributed by atoms with Crippen LogP contribution in [0, 0.1) is 5.82 Å². The van der Waals surface area contributed by atoms with Crippen molar-refractivity contribution in [3.63, 3.8) is 0 Å². The number of carbonyl (C=O) groups is 4. The third kappa shape index (κ3) is 1.98. The summed E-state index contributed by atoms with van der Waals surface area (Å²) in [4.78, 5) is 48.4. The number of hydrogen-bond donors (Lipinski definition) is 1. The van der Waals surface area contributed by atoms with Crippen molar-refractivity contribution >= 4 is 39.6 Å². The first-order chi connectivity index (χ1) is 9.91. The molecule has 1 unspecified atom stereocenters. The Balaban J connectivity index is 2.02. The monoisotopic (exact) mass is 354 g/mol. The summed E-state index contributed by atoms with van der Waals surface area (Å²) in [5, 5.41) is 2.09. The average molecular weight is 355 g/mol. The highest BCUT2D eigenvalue weighted by atomic mass is 79.9. The summed E-state index contributed by atoms with van der Waals surface area (Å²) < 4.78 is 13.4. The van der Waals surface area contributed by atoms with Crippen LogP contribution in [0.5, 0.6) is 0 Å². The van der Waals surface area contributed by atoms with Gasteiger partial charge in [0.15, 0.2) is 0 Å². The lowest BCUT2D eigenvalue weighted by Gasteiger charge is -2.27. The van der Waals surface area contributed by atoms with E-state index in [1.165, 1.54) is 6.07 Å². The van der Waals surface area contributed by atoms with Crippen molar-refractivity contribution in [1.82, 2.24) is 10.2 Å². The van der Waals surface area contributed by atoms with Gasteiger partial charge in [-0.3, -0.25) is 29.4 Å². The average Bonchev–Trinajstić information content (AvgIpc) is 2.67. The SMILES string of the molecule is O=C1CCC(N2C(=O)c3ccc(F)c(Br)c3C2=O)C(=O)N1. The van der Waals surface area contributed by atoms with E-state index in [2.05, 4.69) is 21.2 Å². The fourth-order valence-corrected chi connectivity index (χ4v) is 3.01. The van der Waals surface area contributed by atoms with E-state index in [0.717, 1.165) is 11.0 Å². The van der Waals surface area contributed by atoms with Crippen LogP contribution in [-0.2, 0) is 9.59 Å². The zero-order chi connectivity index (χ0) is 15.3. The number of carbonyl (C=O) groups excluding carboxylic acids is 4. The van der Waals surface area contributed by atoms with E-state index in [9.17, 15) is 23.6 Å². The summed E-state index contributed by atoms with van der Waals surface area (Å²) >= 11 is 2.95. The molecule has 3 rings (SSSR count). The number of hydrogen-bond acceptors (Lipinski definition) is 4. The highest BCUT2D eigenvalue weighted by Crippen LogP contribution is 2.33. The third-order valence-electron chi connectivity index (χ3n) is 3.50. The number of nitrogens with one attached hydrogen (secondary N) is 1. The van der Waals surface area contributed by atoms with Gasteiger partial charge in [-0.05, 0) is 34.5 Å². The van der Waals surface area contributed by atoms with Gasteiger partial charge < -0.3 is 0 Å². The summed E-state index contributed by atoms with van der Waals surface area (Å²) in [5.41, 5.74) is -0.0531. The minimum atomic E-state index is -1.05. The molecule has 2 heterocycles. The second-order valence-corrected chi connectivity index (χ2v) is 5.52. The lowest BCUT2D eigenvalue weighted by Crippen LogP contribution is -2.54. The molecule has 0 aliphatic carbocycles. The van der Waals surface area contributed by atoms with E-state index >= 15 is 0 Å². The van der Waals surface area contributed by atoms with Gasteiger partial charge in [0, 0.05) is 6.42 Å². The molecule has 6 nitrogen and oxygen atoms in total. The summed E-state index contributed by atoms with van der Waals surface area (Å²) in [5.74, 6) is -3.21. The van der Waals surface area contributed by atoms with Gasteiger partial charge >= 0.3 is 0 Å². The number of amides is 4. The van der Waals surface area contributed by atoms with Gasteiger partial charge in [0.05, 0.1) is 15.6 Å². The van der Waals surface area contributed by atoms with Crippen LogP contribution >= 0.6 is 15.9 Å². The van der Waals surface area contributed by atoms with Crippen LogP contribution in [0.3, 0.4) is 0 Å². The number of halogens is 2. The summed E-state index contributed by atoms with van der Waals surface area (Å²) in [6.45, 7) is 0. The van der Waals surface area contributed by atoms with Gasteiger partial charge in [0.2, 0.25) is 11.8 Å². The number of piperidine rings is 1. The largest absolute Gasteiger partial charge is 0.295 e. The second-order valence-electron chi connectivity index (χ2n) is 4.73. The highest BCUT2D eigenvalue weighted by molar-refractivity contribution is 9.10. The van der Waals surface area contributed by atoms with E-state index in [-0.39, 0.29) is 28.4 Å². The van der Waals surface area contributed by atoms with Crippen LogP contribution in [-0.4, -0.2) is 34.6 Å². The van der Waals surface area contributed by atoms with Crippen LogP contribution in [0.25, 0.3) is 0 Å². The van der Waals surface area contributed by atoms with Crippen LogP contribution in [0.15, 0.2) is 16.6 Å². The second kappa shape index (κ2) is 4.73. The first kappa shape index (κ1) is 13.9. The molecule has 0 saturated carbocycles. The Kier molecular flexibility index (Phi) is 3.12. The van der Waals surface area contributed by atoms with E-state index in [1.807, 2.05) is 0 Å². The quantitative estimate of drug-likeness (QED) is 0.762. The van der Waals surface area contributed by atoms with Crippen LogP contribution in [0.2, 0.25) is 0 Å². The molecule has 1 fully saturated rings. The molecule has 2 aliphatic heterocycles. The van der Waals surface area contributed by atoms with Gasteiger partial charge in [-0.2, -0.15) is 0 Å². The molecule has 0 bridgehead atoms. The van der Waals surface area contributed by atoms with Crippen LogP contribution in [0.4, 0.5) is 4.39 Å². The molecular weight excluding hydrogens is 347 g/mol. The van der Waals surface area contributed by atoms with Crippen LogP contribution < -0.4 is 5.32 Å². The van der Waals surface area contributed by atoms with Gasteiger partial charge in [0.1, 0.15) is 11.9 Å². The number of benzene rings is 1. The molecule has 1 saturated heterocycles. The van der Waals surface area contributed by atoms with E-state index < -0.39 is 35.5 Å². The molecule has 1 aromatic rings. The van der Waals surface area contributed by atoms with Crippen molar-refractivity contribution < 1.29 is 23.6 Å². The lowest BCUT2D eigenvalue weighted by molar-refractivity contribution is -0.136. The topological polar surface area (TPSA) is 83.6 Å². The molecule has 1 aromatic carbocycles. The Hall–Kier alpha value is -2.09. The smallest absolute Gasteiger partial charge is 0.263 e. The maximum atomic E-state index is 13.5. The molecule has 0 aromatic heterocycles. The van der Waals surface area contributed by atoms with Crippen molar-refractivity contribution in [2.45, 2.75) is 18.9 Å². The Bertz CT molecular complexity index is 718. The molecule has 1 N–H and O–H groups in total. The normalized spacial score (nSPS) is 21.6. The minimum Gasteiger partial charge on any atom is -0.295 e. The van der Waals surface area contributed by atoms with Gasteiger partial charge in [-0.25, -0.2) is 4.39 Å². The predicted molar refractivity (Wildman–Crippen MR) is 70.8 cm³/mol. The zero-order valence-corrected chi connectivity index (χ0v) is 12.1. The molecule has 0 spiro atoms. The summed E-state index contributed by atoms with van der Waals surface area (Å²) in [6.07, 6.45) is 0.107. The first-order valence-electron chi connectivity index (χ1n) is 6.11. The molecular formula is C13H8BrFN2O4. The molecule has 2 aliphatic rings. The van der Waals surface area contributed by atoms with Gasteiger partial charge in [0.25, 0.3) is 11.8 Å². The highest BCUT2D eigenvalue weighted by Gasteiger charge is 2.45. The molecule has 21 heavy (non-hydrogen) atoms. The molecule has 108 valence electrons. The fraction of sp³-hybridized carbons (Fsp3) is 0.231. The van der Waals surface area contributed by atoms with E-state index in [4.69, 9.17) is 0 Å². The predicted octanol–water partition coefficient (Wildman–Crippen LogP) is 0.989. The maximum absolute atomic E-state index is 13.5. The lowest BCUT2D eigenvalue weighted by atomic mass is 10.0. The van der Waals surface area contributed by atoms with E-state index in [0.29, 0.717) is 0 Å². The van der Waals surface area contributed by atoms with Gasteiger partial charge in [-0.15, -0.1) is 0 Å². The van der Waals surface area contributed by atoms with Crippen molar-refractivity contribution in [2.75, 3.05) is 0 Å². The number of rotatable bonds is 1. The Morgan fingerprint density at radius 1 is 1.19 bits per heavy atom. The summed E-state index contributed by atoms with van der Waals surface area (Å²) in [6, 6.07) is 1.23. The van der Waals surface area contributed by atoms with Crippen molar-refractivity contribution in [1.29, 1.82) is 0 Å². The zero-order valence-electron chi connectivity index (χ0n) is 10.5. The first-order valence-corrected chi connectivity index (χ1v) is 6.90. The van der Waals surface area contributed by atoms with E-state index in [1.54, 1.807) is 0 Å². The summed E-state index contributed by atoms with van der Waals surface area (Å²) in [7, 11) is 0. The molecule has 8 heteroatoms.